The Morgan fingerprint density at radius 2 is 1.87 bits per heavy atom. The van der Waals surface area contributed by atoms with E-state index in [2.05, 4.69) is 10.1 Å². The van der Waals surface area contributed by atoms with Gasteiger partial charge in [-0.25, -0.2) is 4.79 Å². The SMILES string of the molecule is CC(C)(C)OC(=O)NCC(CO)(CCOCC(F)(F)F)C1CC1. The first-order valence-electron chi connectivity index (χ1n) is 7.70. The standard InChI is InChI=1S/C15H26F3NO4/c1-13(2,3)23-12(21)19-8-14(9-20,11-4-5-11)6-7-22-10-15(16,17)18/h11,20H,4-10H2,1-3H3,(H,19,21). The summed E-state index contributed by atoms with van der Waals surface area (Å²) in [6.07, 6.45) is -2.95. The van der Waals surface area contributed by atoms with Crippen molar-refractivity contribution in [2.75, 3.05) is 26.4 Å². The van der Waals surface area contributed by atoms with Gasteiger partial charge in [-0.05, 0) is 46.0 Å². The highest BCUT2D eigenvalue weighted by Gasteiger charge is 2.45. The zero-order valence-corrected chi connectivity index (χ0v) is 13.8. The van der Waals surface area contributed by atoms with Crippen LogP contribution < -0.4 is 5.32 Å². The minimum atomic E-state index is -4.36. The Kier molecular flexibility index (Phi) is 6.70. The molecule has 1 saturated carbocycles. The van der Waals surface area contributed by atoms with E-state index >= 15 is 0 Å². The van der Waals surface area contributed by atoms with Crippen molar-refractivity contribution in [2.45, 2.75) is 51.8 Å². The number of aliphatic hydroxyl groups excluding tert-OH is 1. The van der Waals surface area contributed by atoms with Crippen LogP contribution in [0, 0.1) is 11.3 Å². The maximum absolute atomic E-state index is 12.1. The quantitative estimate of drug-likeness (QED) is 0.666. The van der Waals surface area contributed by atoms with Gasteiger partial charge in [0.05, 0.1) is 6.61 Å². The fourth-order valence-corrected chi connectivity index (χ4v) is 2.42. The Hall–Kier alpha value is -1.02. The molecule has 0 aromatic carbocycles. The molecule has 0 bridgehead atoms. The number of alkyl halides is 3. The molecule has 0 heterocycles. The first-order chi connectivity index (χ1) is 10.5. The largest absolute Gasteiger partial charge is 0.444 e. The van der Waals surface area contributed by atoms with Crippen molar-refractivity contribution < 1.29 is 32.5 Å². The van der Waals surface area contributed by atoms with Gasteiger partial charge in [0, 0.05) is 18.6 Å². The van der Waals surface area contributed by atoms with Crippen LogP contribution in [0.4, 0.5) is 18.0 Å². The van der Waals surface area contributed by atoms with Crippen molar-refractivity contribution in [3.05, 3.63) is 0 Å². The second kappa shape index (κ2) is 7.70. The molecule has 0 aliphatic heterocycles. The molecular formula is C15H26F3NO4. The lowest BCUT2D eigenvalue weighted by atomic mass is 9.80. The van der Waals surface area contributed by atoms with Crippen molar-refractivity contribution in [3.63, 3.8) is 0 Å². The normalized spacial score (nSPS) is 18.4. The minimum Gasteiger partial charge on any atom is -0.444 e. The molecule has 0 radical (unpaired) electrons. The number of alkyl carbamates (subject to hydrolysis) is 1. The molecule has 1 rings (SSSR count). The monoisotopic (exact) mass is 341 g/mol. The summed E-state index contributed by atoms with van der Waals surface area (Å²) in [5.41, 5.74) is -1.30. The van der Waals surface area contributed by atoms with Crippen LogP contribution in [0.1, 0.15) is 40.0 Å². The average molecular weight is 341 g/mol. The molecule has 1 fully saturated rings. The molecule has 0 aromatic rings. The molecule has 23 heavy (non-hydrogen) atoms. The molecule has 8 heteroatoms. The van der Waals surface area contributed by atoms with E-state index in [0.717, 1.165) is 12.8 Å². The van der Waals surface area contributed by atoms with Crippen LogP contribution in [0.25, 0.3) is 0 Å². The Balaban J connectivity index is 2.49. The van der Waals surface area contributed by atoms with Gasteiger partial charge >= 0.3 is 12.3 Å². The molecule has 0 spiro atoms. The number of carbonyl (C=O) groups is 1. The molecule has 2 N–H and O–H groups in total. The lowest BCUT2D eigenvalue weighted by molar-refractivity contribution is -0.176. The lowest BCUT2D eigenvalue weighted by Crippen LogP contribution is -2.44. The predicted molar refractivity (Wildman–Crippen MR) is 78.0 cm³/mol. The Morgan fingerprint density at radius 3 is 2.30 bits per heavy atom. The summed E-state index contributed by atoms with van der Waals surface area (Å²) >= 11 is 0. The third-order valence-electron chi connectivity index (χ3n) is 3.75. The first-order valence-corrected chi connectivity index (χ1v) is 7.70. The van der Waals surface area contributed by atoms with Crippen molar-refractivity contribution >= 4 is 6.09 Å². The van der Waals surface area contributed by atoms with Crippen molar-refractivity contribution in [2.24, 2.45) is 11.3 Å². The number of aliphatic hydroxyl groups is 1. The third kappa shape index (κ3) is 7.87. The summed E-state index contributed by atoms with van der Waals surface area (Å²) in [6.45, 7) is 3.71. The van der Waals surface area contributed by atoms with E-state index in [0.29, 0.717) is 0 Å². The summed E-state index contributed by atoms with van der Waals surface area (Å²) in [7, 11) is 0. The minimum absolute atomic E-state index is 0.118. The average Bonchev–Trinajstić information content (AvgIpc) is 3.20. The summed E-state index contributed by atoms with van der Waals surface area (Å²) in [4.78, 5) is 11.7. The molecule has 1 atom stereocenters. The number of halogens is 3. The van der Waals surface area contributed by atoms with Gasteiger partial charge < -0.3 is 19.9 Å². The second-order valence-corrected chi connectivity index (χ2v) is 7.07. The maximum Gasteiger partial charge on any atom is 0.411 e. The first kappa shape index (κ1) is 20.0. The number of nitrogens with one attached hydrogen (secondary N) is 1. The van der Waals surface area contributed by atoms with Crippen LogP contribution in [0.2, 0.25) is 0 Å². The molecular weight excluding hydrogens is 315 g/mol. The topological polar surface area (TPSA) is 67.8 Å². The van der Waals surface area contributed by atoms with E-state index in [9.17, 15) is 23.1 Å². The molecule has 0 saturated heterocycles. The van der Waals surface area contributed by atoms with Crippen LogP contribution >= 0.6 is 0 Å². The van der Waals surface area contributed by atoms with E-state index in [1.165, 1.54) is 0 Å². The van der Waals surface area contributed by atoms with Gasteiger partial charge in [-0.3, -0.25) is 0 Å². The molecule has 1 amide bonds. The van der Waals surface area contributed by atoms with E-state index in [-0.39, 0.29) is 32.1 Å². The Bertz CT molecular complexity index is 391. The van der Waals surface area contributed by atoms with Gasteiger partial charge in [0.1, 0.15) is 12.2 Å². The molecule has 0 aromatic heterocycles. The maximum atomic E-state index is 12.1. The molecule has 136 valence electrons. The third-order valence-corrected chi connectivity index (χ3v) is 3.75. The number of amides is 1. The van der Waals surface area contributed by atoms with Crippen LogP contribution in [0.15, 0.2) is 0 Å². The smallest absolute Gasteiger partial charge is 0.411 e. The number of hydrogen-bond donors (Lipinski definition) is 2. The van der Waals surface area contributed by atoms with Crippen molar-refractivity contribution in [1.82, 2.24) is 5.32 Å². The number of carbonyl (C=O) groups excluding carboxylic acids is 1. The van der Waals surface area contributed by atoms with Gasteiger partial charge in [0.2, 0.25) is 0 Å². The number of ether oxygens (including phenoxy) is 2. The van der Waals surface area contributed by atoms with Crippen molar-refractivity contribution in [3.8, 4) is 0 Å². The van der Waals surface area contributed by atoms with Gasteiger partial charge in [-0.2, -0.15) is 13.2 Å². The van der Waals surface area contributed by atoms with E-state index in [1.807, 2.05) is 0 Å². The van der Waals surface area contributed by atoms with Crippen LogP contribution in [0.5, 0.6) is 0 Å². The lowest BCUT2D eigenvalue weighted by Gasteiger charge is -2.33. The van der Waals surface area contributed by atoms with Gasteiger partial charge in [-0.15, -0.1) is 0 Å². The summed E-state index contributed by atoms with van der Waals surface area (Å²) < 4.78 is 46.1. The summed E-state index contributed by atoms with van der Waals surface area (Å²) in [5.74, 6) is 0.178. The predicted octanol–water partition coefficient (Wildman–Crippen LogP) is 2.87. The zero-order valence-electron chi connectivity index (χ0n) is 13.8. The van der Waals surface area contributed by atoms with Crippen LogP contribution in [0.3, 0.4) is 0 Å². The number of rotatable bonds is 8. The highest BCUT2D eigenvalue weighted by Crippen LogP contribution is 2.47. The fraction of sp³-hybridized carbons (Fsp3) is 0.933. The van der Waals surface area contributed by atoms with Crippen LogP contribution in [-0.4, -0.2) is 49.3 Å². The van der Waals surface area contributed by atoms with Gasteiger partial charge in [0.15, 0.2) is 0 Å². The van der Waals surface area contributed by atoms with E-state index < -0.39 is 29.9 Å². The Morgan fingerprint density at radius 1 is 1.26 bits per heavy atom. The molecule has 5 nitrogen and oxygen atoms in total. The molecule has 1 aliphatic rings. The Labute approximate surface area is 134 Å². The zero-order chi connectivity index (χ0) is 17.7. The summed E-state index contributed by atoms with van der Waals surface area (Å²) in [6, 6.07) is 0. The summed E-state index contributed by atoms with van der Waals surface area (Å²) in [5, 5.41) is 12.3. The highest BCUT2D eigenvalue weighted by molar-refractivity contribution is 5.67. The van der Waals surface area contributed by atoms with E-state index in [4.69, 9.17) is 4.74 Å². The number of hydrogen-bond acceptors (Lipinski definition) is 4. The van der Waals surface area contributed by atoms with Crippen LogP contribution in [-0.2, 0) is 9.47 Å². The fourth-order valence-electron chi connectivity index (χ4n) is 2.42. The molecule has 1 unspecified atom stereocenters. The van der Waals surface area contributed by atoms with Gasteiger partial charge in [-0.1, -0.05) is 0 Å². The van der Waals surface area contributed by atoms with E-state index in [1.54, 1.807) is 20.8 Å². The second-order valence-electron chi connectivity index (χ2n) is 7.07. The highest BCUT2D eigenvalue weighted by atomic mass is 19.4. The molecule has 1 aliphatic carbocycles. The van der Waals surface area contributed by atoms with Crippen molar-refractivity contribution in [1.29, 1.82) is 0 Å². The van der Waals surface area contributed by atoms with Gasteiger partial charge in [0.25, 0.3) is 0 Å².